The lowest BCUT2D eigenvalue weighted by atomic mass is 10.1. The molecule has 0 radical (unpaired) electrons. The molecule has 106 valence electrons. The van der Waals surface area contributed by atoms with E-state index in [0.29, 0.717) is 12.6 Å². The van der Waals surface area contributed by atoms with Crippen molar-refractivity contribution in [3.05, 3.63) is 0 Å². The van der Waals surface area contributed by atoms with Crippen molar-refractivity contribution in [3.63, 3.8) is 0 Å². The summed E-state index contributed by atoms with van der Waals surface area (Å²) in [6.07, 6.45) is 7.72. The number of amides is 1. The molecule has 0 spiro atoms. The second-order valence-electron chi connectivity index (χ2n) is 5.02. The van der Waals surface area contributed by atoms with E-state index in [9.17, 15) is 4.79 Å². The maximum Gasteiger partial charge on any atom is 0.234 e. The first-order valence-electron chi connectivity index (χ1n) is 6.96. The molecule has 0 aliphatic carbocycles. The highest BCUT2D eigenvalue weighted by Gasteiger charge is 2.17. The second kappa shape index (κ2) is 9.64. The van der Waals surface area contributed by atoms with Crippen LogP contribution in [-0.4, -0.2) is 55.0 Å². The molecule has 4 nitrogen and oxygen atoms in total. The zero-order chi connectivity index (χ0) is 13.2. The van der Waals surface area contributed by atoms with E-state index in [2.05, 4.69) is 16.5 Å². The fourth-order valence-electron chi connectivity index (χ4n) is 2.15. The number of rotatable bonds is 8. The van der Waals surface area contributed by atoms with E-state index in [4.69, 9.17) is 5.73 Å². The van der Waals surface area contributed by atoms with Crippen molar-refractivity contribution >= 4 is 17.7 Å². The molecule has 1 fully saturated rings. The van der Waals surface area contributed by atoms with Gasteiger partial charge in [0.1, 0.15) is 0 Å². The van der Waals surface area contributed by atoms with E-state index in [-0.39, 0.29) is 5.91 Å². The van der Waals surface area contributed by atoms with Gasteiger partial charge in [-0.05, 0) is 37.7 Å². The van der Waals surface area contributed by atoms with Gasteiger partial charge in [-0.15, -0.1) is 0 Å². The number of carbonyl (C=O) groups is 1. The first kappa shape index (κ1) is 15.8. The topological polar surface area (TPSA) is 58.4 Å². The van der Waals surface area contributed by atoms with Crippen molar-refractivity contribution < 1.29 is 4.79 Å². The van der Waals surface area contributed by atoms with Crippen molar-refractivity contribution in [2.24, 2.45) is 5.73 Å². The smallest absolute Gasteiger partial charge is 0.234 e. The summed E-state index contributed by atoms with van der Waals surface area (Å²) in [7, 11) is 0. The van der Waals surface area contributed by atoms with Gasteiger partial charge in [-0.1, -0.05) is 6.42 Å². The number of hydrogen-bond acceptors (Lipinski definition) is 4. The molecule has 0 bridgehead atoms. The third-order valence-corrected chi connectivity index (χ3v) is 4.04. The van der Waals surface area contributed by atoms with Crippen LogP contribution in [0.1, 0.15) is 32.1 Å². The fourth-order valence-corrected chi connectivity index (χ4v) is 2.64. The Labute approximate surface area is 115 Å². The molecule has 0 aromatic rings. The van der Waals surface area contributed by atoms with Crippen molar-refractivity contribution in [2.45, 2.75) is 38.1 Å². The number of nitrogens with two attached hydrogens (primary N) is 1. The normalized spacial score (nSPS) is 17.9. The number of thioether (sulfide) groups is 1. The average molecular weight is 273 g/mol. The highest BCUT2D eigenvalue weighted by Crippen LogP contribution is 2.07. The van der Waals surface area contributed by atoms with E-state index >= 15 is 0 Å². The van der Waals surface area contributed by atoms with Gasteiger partial charge in [0.2, 0.25) is 5.91 Å². The molecule has 3 N–H and O–H groups in total. The van der Waals surface area contributed by atoms with Gasteiger partial charge in [-0.2, -0.15) is 11.8 Å². The van der Waals surface area contributed by atoms with E-state index < -0.39 is 0 Å². The molecule has 0 saturated carbocycles. The fraction of sp³-hybridized carbons (Fsp3) is 0.923. The molecule has 0 aromatic carbocycles. The Hall–Kier alpha value is -0.260. The largest absolute Gasteiger partial charge is 0.355 e. The Balaban J connectivity index is 1.97. The Kier molecular flexibility index (Phi) is 8.46. The van der Waals surface area contributed by atoms with Gasteiger partial charge in [-0.3, -0.25) is 9.69 Å². The molecule has 1 aliphatic heterocycles. The lowest BCUT2D eigenvalue weighted by molar-refractivity contribution is -0.122. The number of hydrogen-bond donors (Lipinski definition) is 2. The Bertz CT molecular complexity index is 230. The van der Waals surface area contributed by atoms with E-state index in [1.807, 2.05) is 11.8 Å². The lowest BCUT2D eigenvalue weighted by Gasteiger charge is -2.29. The summed E-state index contributed by atoms with van der Waals surface area (Å²) >= 11 is 1.89. The zero-order valence-corrected chi connectivity index (χ0v) is 12.3. The van der Waals surface area contributed by atoms with Crippen LogP contribution >= 0.6 is 11.8 Å². The Morgan fingerprint density at radius 1 is 1.33 bits per heavy atom. The molecule has 18 heavy (non-hydrogen) atoms. The van der Waals surface area contributed by atoms with Crippen molar-refractivity contribution in [3.8, 4) is 0 Å². The minimum atomic E-state index is 0.162. The number of carbonyl (C=O) groups excluding carboxylic acids is 1. The molecule has 0 atom stereocenters. The monoisotopic (exact) mass is 273 g/mol. The standard InChI is InChI=1S/C13H27N3OS/c1-18-10-4-2-3-7-15-13(17)11-16-8-5-12(14)6-9-16/h12H,2-11,14H2,1H3,(H,15,17). The maximum atomic E-state index is 11.7. The highest BCUT2D eigenvalue weighted by atomic mass is 32.2. The Morgan fingerprint density at radius 2 is 2.06 bits per heavy atom. The summed E-state index contributed by atoms with van der Waals surface area (Å²) in [4.78, 5) is 13.9. The summed E-state index contributed by atoms with van der Waals surface area (Å²) < 4.78 is 0. The predicted octanol–water partition coefficient (Wildman–Crippen LogP) is 1.06. The minimum Gasteiger partial charge on any atom is -0.355 e. The van der Waals surface area contributed by atoms with E-state index in [0.717, 1.165) is 38.9 Å². The number of nitrogens with zero attached hydrogens (tertiary/aromatic N) is 1. The molecule has 1 rings (SSSR count). The first-order chi connectivity index (χ1) is 8.72. The third kappa shape index (κ3) is 7.24. The molecule has 0 unspecified atom stereocenters. The van der Waals surface area contributed by atoms with Crippen molar-refractivity contribution in [1.29, 1.82) is 0 Å². The third-order valence-electron chi connectivity index (χ3n) is 3.35. The van der Waals surface area contributed by atoms with Crippen LogP contribution in [0.25, 0.3) is 0 Å². The van der Waals surface area contributed by atoms with Gasteiger partial charge in [0.25, 0.3) is 0 Å². The summed E-state index contributed by atoms with van der Waals surface area (Å²) in [5.41, 5.74) is 5.84. The number of likely N-dealkylation sites (tertiary alicyclic amines) is 1. The molecular weight excluding hydrogens is 246 g/mol. The molecule has 5 heteroatoms. The van der Waals surface area contributed by atoms with Gasteiger partial charge in [-0.25, -0.2) is 0 Å². The van der Waals surface area contributed by atoms with Gasteiger partial charge in [0, 0.05) is 25.7 Å². The van der Waals surface area contributed by atoms with Crippen LogP contribution in [0.3, 0.4) is 0 Å². The van der Waals surface area contributed by atoms with E-state index in [1.165, 1.54) is 18.6 Å². The maximum absolute atomic E-state index is 11.7. The summed E-state index contributed by atoms with van der Waals surface area (Å²) in [5, 5.41) is 3.00. The quantitative estimate of drug-likeness (QED) is 0.649. The molecular formula is C13H27N3OS. The van der Waals surface area contributed by atoms with Crippen LogP contribution in [0, 0.1) is 0 Å². The highest BCUT2D eigenvalue weighted by molar-refractivity contribution is 7.98. The number of nitrogens with one attached hydrogen (secondary N) is 1. The number of piperidine rings is 1. The summed E-state index contributed by atoms with van der Waals surface area (Å²) in [6, 6.07) is 0.334. The SMILES string of the molecule is CSCCCCCNC(=O)CN1CCC(N)CC1. The van der Waals surface area contributed by atoms with Crippen LogP contribution < -0.4 is 11.1 Å². The van der Waals surface area contributed by atoms with Crippen molar-refractivity contribution in [1.82, 2.24) is 10.2 Å². The summed E-state index contributed by atoms with van der Waals surface area (Å²) in [6.45, 7) is 3.28. The molecule has 0 aromatic heterocycles. The van der Waals surface area contributed by atoms with Crippen LogP contribution in [0.4, 0.5) is 0 Å². The molecule has 1 amide bonds. The minimum absolute atomic E-state index is 0.162. The van der Waals surface area contributed by atoms with Gasteiger partial charge >= 0.3 is 0 Å². The van der Waals surface area contributed by atoms with Crippen LogP contribution in [0.2, 0.25) is 0 Å². The summed E-state index contributed by atoms with van der Waals surface area (Å²) in [5.74, 6) is 1.39. The van der Waals surface area contributed by atoms with Crippen LogP contribution in [0.15, 0.2) is 0 Å². The van der Waals surface area contributed by atoms with Gasteiger partial charge < -0.3 is 11.1 Å². The van der Waals surface area contributed by atoms with Crippen molar-refractivity contribution in [2.75, 3.05) is 38.2 Å². The van der Waals surface area contributed by atoms with Crippen LogP contribution in [-0.2, 0) is 4.79 Å². The average Bonchev–Trinajstić information content (AvgIpc) is 2.36. The lowest BCUT2D eigenvalue weighted by Crippen LogP contribution is -2.44. The molecule has 1 saturated heterocycles. The predicted molar refractivity (Wildman–Crippen MR) is 78.9 cm³/mol. The number of unbranched alkanes of at least 4 members (excludes halogenated alkanes) is 2. The first-order valence-corrected chi connectivity index (χ1v) is 8.35. The van der Waals surface area contributed by atoms with Gasteiger partial charge in [0.15, 0.2) is 0 Å². The van der Waals surface area contributed by atoms with E-state index in [1.54, 1.807) is 0 Å². The van der Waals surface area contributed by atoms with Crippen LogP contribution in [0.5, 0.6) is 0 Å². The Morgan fingerprint density at radius 3 is 2.72 bits per heavy atom. The molecule has 1 aliphatic rings. The zero-order valence-electron chi connectivity index (χ0n) is 11.5. The molecule has 1 heterocycles. The van der Waals surface area contributed by atoms with Gasteiger partial charge in [0.05, 0.1) is 6.54 Å². The second-order valence-corrected chi connectivity index (χ2v) is 6.00.